The van der Waals surface area contributed by atoms with Crippen LogP contribution in [0.4, 0.5) is 0 Å². The van der Waals surface area contributed by atoms with Crippen molar-refractivity contribution in [2.24, 2.45) is 0 Å². The van der Waals surface area contributed by atoms with Crippen molar-refractivity contribution in [1.29, 1.82) is 0 Å². The lowest BCUT2D eigenvalue weighted by Crippen LogP contribution is -2.38. The molecule has 0 aliphatic carbocycles. The molecule has 31 heavy (non-hydrogen) atoms. The lowest BCUT2D eigenvalue weighted by atomic mass is 9.93. The van der Waals surface area contributed by atoms with Gasteiger partial charge in [0.2, 0.25) is 10.0 Å². The summed E-state index contributed by atoms with van der Waals surface area (Å²) in [4.78, 5) is 4.55. The molecule has 1 atom stereocenters. The van der Waals surface area contributed by atoms with Crippen LogP contribution < -0.4 is 0 Å². The Kier molecular flexibility index (Phi) is 6.47. The molecule has 0 N–H and O–H groups in total. The Morgan fingerprint density at radius 1 is 1.13 bits per heavy atom. The summed E-state index contributed by atoms with van der Waals surface area (Å²) < 4.78 is 29.0. The SMILES string of the molecule is CCc1cnccc1-c1cccc(C2CCCCN2S(=O)(=O)c2cccc(Cl)c2C)c1. The van der Waals surface area contributed by atoms with E-state index in [2.05, 4.69) is 24.0 Å². The van der Waals surface area contributed by atoms with Crippen molar-refractivity contribution in [1.82, 2.24) is 9.29 Å². The summed E-state index contributed by atoms with van der Waals surface area (Å²) in [5.41, 5.74) is 5.06. The third-order valence-electron chi connectivity index (χ3n) is 6.13. The largest absolute Gasteiger partial charge is 0.264 e. The Labute approximate surface area is 190 Å². The Morgan fingerprint density at radius 2 is 1.94 bits per heavy atom. The molecule has 0 saturated carbocycles. The minimum atomic E-state index is -3.66. The minimum Gasteiger partial charge on any atom is -0.264 e. The van der Waals surface area contributed by atoms with Gasteiger partial charge in [0.15, 0.2) is 0 Å². The summed E-state index contributed by atoms with van der Waals surface area (Å²) in [6.45, 7) is 4.40. The molecule has 0 spiro atoms. The zero-order chi connectivity index (χ0) is 22.0. The molecular formula is C25H27ClN2O2S. The minimum absolute atomic E-state index is 0.191. The lowest BCUT2D eigenvalue weighted by Gasteiger charge is -2.35. The number of aryl methyl sites for hydroxylation is 1. The van der Waals surface area contributed by atoms with E-state index in [9.17, 15) is 8.42 Å². The second kappa shape index (κ2) is 9.11. The first-order valence-electron chi connectivity index (χ1n) is 10.7. The van der Waals surface area contributed by atoms with E-state index >= 15 is 0 Å². The van der Waals surface area contributed by atoms with Crippen LogP contribution in [0, 0.1) is 6.92 Å². The van der Waals surface area contributed by atoms with Crippen LogP contribution in [-0.2, 0) is 16.4 Å². The van der Waals surface area contributed by atoms with Crippen LogP contribution in [0.25, 0.3) is 11.1 Å². The molecule has 1 aliphatic rings. The van der Waals surface area contributed by atoms with Gasteiger partial charge < -0.3 is 0 Å². The van der Waals surface area contributed by atoms with Gasteiger partial charge in [-0.3, -0.25) is 4.98 Å². The molecule has 0 radical (unpaired) electrons. The standard InChI is InChI=1S/C25H27ClN2O2S/c1-3-19-17-27-14-13-22(19)20-8-6-9-21(16-20)24-11-4-5-15-28(24)31(29,30)25-12-7-10-23(26)18(25)2/h6-10,12-14,16-17,24H,3-5,11,15H2,1-2H3. The molecule has 1 unspecified atom stereocenters. The molecule has 4 rings (SSSR count). The second-order valence-corrected chi connectivity index (χ2v) is 10.3. The number of pyridine rings is 1. The highest BCUT2D eigenvalue weighted by atomic mass is 35.5. The number of aromatic nitrogens is 1. The van der Waals surface area contributed by atoms with Gasteiger partial charge in [0.05, 0.1) is 10.9 Å². The maximum absolute atomic E-state index is 13.7. The lowest BCUT2D eigenvalue weighted by molar-refractivity contribution is 0.256. The topological polar surface area (TPSA) is 50.3 Å². The molecule has 3 aromatic rings. The zero-order valence-corrected chi connectivity index (χ0v) is 19.5. The van der Waals surface area contributed by atoms with Gasteiger partial charge in [-0.05, 0) is 78.3 Å². The van der Waals surface area contributed by atoms with Gasteiger partial charge in [0.25, 0.3) is 0 Å². The van der Waals surface area contributed by atoms with Crippen LogP contribution in [0.3, 0.4) is 0 Å². The molecule has 0 amide bonds. The summed E-state index contributed by atoms with van der Waals surface area (Å²) in [5, 5.41) is 0.474. The summed E-state index contributed by atoms with van der Waals surface area (Å²) in [6, 6.07) is 15.2. The molecular weight excluding hydrogens is 428 g/mol. The molecule has 162 valence electrons. The van der Waals surface area contributed by atoms with Gasteiger partial charge >= 0.3 is 0 Å². The smallest absolute Gasteiger partial charge is 0.243 e. The maximum Gasteiger partial charge on any atom is 0.243 e. The highest BCUT2D eigenvalue weighted by Gasteiger charge is 2.35. The first-order valence-corrected chi connectivity index (χ1v) is 12.6. The Balaban J connectivity index is 1.76. The number of nitrogens with zero attached hydrogens (tertiary/aromatic N) is 2. The van der Waals surface area contributed by atoms with Crippen LogP contribution in [0.5, 0.6) is 0 Å². The monoisotopic (exact) mass is 454 g/mol. The van der Waals surface area contributed by atoms with Crippen molar-refractivity contribution in [3.63, 3.8) is 0 Å². The number of piperidine rings is 1. The van der Waals surface area contributed by atoms with Crippen LogP contribution in [0.15, 0.2) is 65.8 Å². The van der Waals surface area contributed by atoms with E-state index in [0.717, 1.165) is 42.4 Å². The van der Waals surface area contributed by atoms with Crippen LogP contribution in [0.1, 0.15) is 48.9 Å². The van der Waals surface area contributed by atoms with E-state index in [0.29, 0.717) is 22.0 Å². The van der Waals surface area contributed by atoms with Gasteiger partial charge in [-0.15, -0.1) is 0 Å². The van der Waals surface area contributed by atoms with Crippen LogP contribution >= 0.6 is 11.6 Å². The normalized spacial score (nSPS) is 17.6. The average molecular weight is 455 g/mol. The van der Waals surface area contributed by atoms with Crippen molar-refractivity contribution in [2.75, 3.05) is 6.54 Å². The van der Waals surface area contributed by atoms with Crippen LogP contribution in [-0.4, -0.2) is 24.3 Å². The molecule has 0 bridgehead atoms. The third kappa shape index (κ3) is 4.27. The van der Waals surface area contributed by atoms with Gasteiger partial charge in [-0.2, -0.15) is 4.31 Å². The number of hydrogen-bond acceptors (Lipinski definition) is 3. The number of hydrogen-bond donors (Lipinski definition) is 0. The zero-order valence-electron chi connectivity index (χ0n) is 17.9. The van der Waals surface area contributed by atoms with E-state index < -0.39 is 10.0 Å². The van der Waals surface area contributed by atoms with E-state index in [1.54, 1.807) is 35.6 Å². The first kappa shape index (κ1) is 22.0. The van der Waals surface area contributed by atoms with Crippen LogP contribution in [0.2, 0.25) is 5.02 Å². The van der Waals surface area contributed by atoms with E-state index in [-0.39, 0.29) is 6.04 Å². The van der Waals surface area contributed by atoms with E-state index in [1.165, 1.54) is 5.56 Å². The molecule has 4 nitrogen and oxygen atoms in total. The summed E-state index contributed by atoms with van der Waals surface area (Å²) in [6.07, 6.45) is 7.27. The Bertz CT molecular complexity index is 1190. The van der Waals surface area contributed by atoms with Gasteiger partial charge in [-0.1, -0.05) is 49.2 Å². The highest BCUT2D eigenvalue weighted by molar-refractivity contribution is 7.89. The van der Waals surface area contributed by atoms with E-state index in [1.807, 2.05) is 24.4 Å². The van der Waals surface area contributed by atoms with Crippen molar-refractivity contribution in [3.8, 4) is 11.1 Å². The van der Waals surface area contributed by atoms with E-state index in [4.69, 9.17) is 11.6 Å². The van der Waals surface area contributed by atoms with Gasteiger partial charge in [0.1, 0.15) is 0 Å². The van der Waals surface area contributed by atoms with Crippen molar-refractivity contribution in [3.05, 3.63) is 82.6 Å². The number of halogens is 1. The predicted octanol–water partition coefficient (Wildman–Crippen LogP) is 6.19. The number of rotatable bonds is 5. The molecule has 2 aromatic carbocycles. The predicted molar refractivity (Wildman–Crippen MR) is 126 cm³/mol. The maximum atomic E-state index is 13.7. The second-order valence-electron chi connectivity index (χ2n) is 8.00. The summed E-state index contributed by atoms with van der Waals surface area (Å²) >= 11 is 6.24. The average Bonchev–Trinajstić information content (AvgIpc) is 2.80. The Morgan fingerprint density at radius 3 is 2.74 bits per heavy atom. The van der Waals surface area contributed by atoms with Crippen molar-refractivity contribution in [2.45, 2.75) is 50.5 Å². The molecule has 1 saturated heterocycles. The fraction of sp³-hybridized carbons (Fsp3) is 0.320. The highest BCUT2D eigenvalue weighted by Crippen LogP contribution is 2.38. The van der Waals surface area contributed by atoms with Gasteiger partial charge in [-0.25, -0.2) is 8.42 Å². The number of sulfonamides is 1. The first-order chi connectivity index (χ1) is 14.9. The quantitative estimate of drug-likeness (QED) is 0.462. The molecule has 1 fully saturated rings. The fourth-order valence-electron chi connectivity index (χ4n) is 4.42. The van der Waals surface area contributed by atoms with Crippen molar-refractivity contribution < 1.29 is 8.42 Å². The summed E-state index contributed by atoms with van der Waals surface area (Å²) in [7, 11) is -3.66. The molecule has 2 heterocycles. The van der Waals surface area contributed by atoms with Crippen molar-refractivity contribution >= 4 is 21.6 Å². The molecule has 1 aliphatic heterocycles. The Hall–Kier alpha value is -2.21. The fourth-order valence-corrected chi connectivity index (χ4v) is 6.59. The van der Waals surface area contributed by atoms with Gasteiger partial charge in [0, 0.05) is 24.0 Å². The summed E-state index contributed by atoms with van der Waals surface area (Å²) in [5.74, 6) is 0. The molecule has 1 aromatic heterocycles. The molecule has 6 heteroatoms. The number of benzene rings is 2. The third-order valence-corrected chi connectivity index (χ3v) is 8.59.